The lowest BCUT2D eigenvalue weighted by Crippen LogP contribution is -2.07. The highest BCUT2D eigenvalue weighted by Gasteiger charge is 2.20. The number of aromatic hydroxyl groups is 1. The van der Waals surface area contributed by atoms with E-state index in [1.807, 2.05) is 18.2 Å². The standard InChI is InChI=1S/C18H22O/c1-4-15-9-5-6-10-16(15)13(2)14(3)17-11-7-8-12-18(17)19/h5-14,19H,4H2,1-3H3. The van der Waals surface area contributed by atoms with E-state index in [9.17, 15) is 5.11 Å². The van der Waals surface area contributed by atoms with Gasteiger partial charge < -0.3 is 5.11 Å². The molecule has 0 bridgehead atoms. The average molecular weight is 254 g/mol. The van der Waals surface area contributed by atoms with Gasteiger partial charge in [-0.25, -0.2) is 0 Å². The summed E-state index contributed by atoms with van der Waals surface area (Å²) in [6.07, 6.45) is 1.05. The van der Waals surface area contributed by atoms with E-state index < -0.39 is 0 Å². The fourth-order valence-corrected chi connectivity index (χ4v) is 2.71. The van der Waals surface area contributed by atoms with Gasteiger partial charge in [-0.15, -0.1) is 0 Å². The maximum Gasteiger partial charge on any atom is 0.119 e. The van der Waals surface area contributed by atoms with Gasteiger partial charge in [0.25, 0.3) is 0 Å². The van der Waals surface area contributed by atoms with Crippen LogP contribution in [0, 0.1) is 0 Å². The lowest BCUT2D eigenvalue weighted by Gasteiger charge is -2.23. The van der Waals surface area contributed by atoms with Gasteiger partial charge in [0.15, 0.2) is 0 Å². The zero-order valence-corrected chi connectivity index (χ0v) is 11.9. The van der Waals surface area contributed by atoms with Gasteiger partial charge in [0.05, 0.1) is 0 Å². The minimum atomic E-state index is 0.300. The molecule has 0 aliphatic rings. The Morgan fingerprint density at radius 1 is 0.842 bits per heavy atom. The molecule has 0 heterocycles. The van der Waals surface area contributed by atoms with Crippen LogP contribution in [0.3, 0.4) is 0 Å². The molecule has 2 aromatic carbocycles. The van der Waals surface area contributed by atoms with E-state index in [2.05, 4.69) is 45.0 Å². The fraction of sp³-hybridized carbons (Fsp3) is 0.333. The molecule has 1 heteroatoms. The van der Waals surface area contributed by atoms with Crippen LogP contribution in [0.1, 0.15) is 49.3 Å². The summed E-state index contributed by atoms with van der Waals surface area (Å²) < 4.78 is 0. The van der Waals surface area contributed by atoms with Gasteiger partial charge in [0.1, 0.15) is 5.75 Å². The van der Waals surface area contributed by atoms with E-state index in [4.69, 9.17) is 0 Å². The maximum atomic E-state index is 10.0. The number of rotatable bonds is 4. The molecule has 1 N–H and O–H groups in total. The van der Waals surface area contributed by atoms with Crippen molar-refractivity contribution >= 4 is 0 Å². The molecule has 1 nitrogen and oxygen atoms in total. The fourth-order valence-electron chi connectivity index (χ4n) is 2.71. The summed E-state index contributed by atoms with van der Waals surface area (Å²) in [5, 5.41) is 10.0. The molecule has 19 heavy (non-hydrogen) atoms. The van der Waals surface area contributed by atoms with Crippen LogP contribution in [0.15, 0.2) is 48.5 Å². The Kier molecular flexibility index (Phi) is 4.26. The minimum Gasteiger partial charge on any atom is -0.508 e. The molecule has 0 aromatic heterocycles. The van der Waals surface area contributed by atoms with E-state index in [0.717, 1.165) is 12.0 Å². The normalized spacial score (nSPS) is 14.1. The second-order valence-electron chi connectivity index (χ2n) is 5.19. The van der Waals surface area contributed by atoms with Crippen LogP contribution in [-0.4, -0.2) is 5.11 Å². The molecular formula is C18H22O. The van der Waals surface area contributed by atoms with Gasteiger partial charge in [-0.2, -0.15) is 0 Å². The molecule has 2 aromatic rings. The second-order valence-corrected chi connectivity index (χ2v) is 5.19. The van der Waals surface area contributed by atoms with Gasteiger partial charge >= 0.3 is 0 Å². The van der Waals surface area contributed by atoms with Gasteiger partial charge in [-0.05, 0) is 41.0 Å². The molecule has 0 aliphatic carbocycles. The van der Waals surface area contributed by atoms with Crippen molar-refractivity contribution in [3.8, 4) is 5.75 Å². The lowest BCUT2D eigenvalue weighted by molar-refractivity contribution is 0.457. The number of benzene rings is 2. The van der Waals surface area contributed by atoms with Gasteiger partial charge in [-0.3, -0.25) is 0 Å². The number of phenols is 1. The first-order valence-corrected chi connectivity index (χ1v) is 7.00. The monoisotopic (exact) mass is 254 g/mol. The smallest absolute Gasteiger partial charge is 0.119 e. The van der Waals surface area contributed by atoms with Crippen molar-refractivity contribution in [2.24, 2.45) is 0 Å². The van der Waals surface area contributed by atoms with E-state index in [0.29, 0.717) is 17.6 Å². The van der Waals surface area contributed by atoms with Crippen LogP contribution in [0.25, 0.3) is 0 Å². The highest BCUT2D eigenvalue weighted by Crippen LogP contribution is 2.37. The van der Waals surface area contributed by atoms with E-state index in [-0.39, 0.29) is 0 Å². The molecule has 0 spiro atoms. The second kappa shape index (κ2) is 5.92. The predicted octanol–water partition coefficient (Wildman–Crippen LogP) is 4.86. The Morgan fingerprint density at radius 2 is 1.37 bits per heavy atom. The summed E-state index contributed by atoms with van der Waals surface area (Å²) in [6, 6.07) is 16.3. The summed E-state index contributed by atoms with van der Waals surface area (Å²) >= 11 is 0. The Bertz CT molecular complexity index is 545. The van der Waals surface area contributed by atoms with E-state index >= 15 is 0 Å². The third kappa shape index (κ3) is 2.81. The number of phenolic OH excluding ortho intramolecular Hbond substituents is 1. The first kappa shape index (κ1) is 13.7. The molecule has 2 rings (SSSR count). The number of hydrogen-bond acceptors (Lipinski definition) is 1. The van der Waals surface area contributed by atoms with E-state index in [1.54, 1.807) is 6.07 Å². The Morgan fingerprint density at radius 3 is 2.00 bits per heavy atom. The van der Waals surface area contributed by atoms with Crippen molar-refractivity contribution in [1.29, 1.82) is 0 Å². The highest BCUT2D eigenvalue weighted by atomic mass is 16.3. The molecule has 100 valence electrons. The largest absolute Gasteiger partial charge is 0.508 e. The molecular weight excluding hydrogens is 232 g/mol. The van der Waals surface area contributed by atoms with E-state index in [1.165, 1.54) is 11.1 Å². The average Bonchev–Trinajstić information content (AvgIpc) is 2.46. The minimum absolute atomic E-state index is 0.300. The van der Waals surface area contributed by atoms with Gasteiger partial charge in [0.2, 0.25) is 0 Å². The Labute approximate surface area is 115 Å². The zero-order chi connectivity index (χ0) is 13.8. The Balaban J connectivity index is 2.34. The summed E-state index contributed by atoms with van der Waals surface area (Å²) in [6.45, 7) is 6.62. The molecule has 2 atom stereocenters. The Hall–Kier alpha value is -1.76. The molecule has 0 fully saturated rings. The van der Waals surface area contributed by atoms with Crippen LogP contribution in [0.4, 0.5) is 0 Å². The van der Waals surface area contributed by atoms with Crippen LogP contribution in [-0.2, 0) is 6.42 Å². The van der Waals surface area contributed by atoms with Gasteiger partial charge in [0, 0.05) is 0 Å². The molecule has 0 saturated carbocycles. The first-order valence-electron chi connectivity index (χ1n) is 7.00. The molecule has 0 amide bonds. The summed E-state index contributed by atoms with van der Waals surface area (Å²) in [5.74, 6) is 1.09. The summed E-state index contributed by atoms with van der Waals surface area (Å²) in [4.78, 5) is 0. The van der Waals surface area contributed by atoms with Crippen molar-refractivity contribution in [3.63, 3.8) is 0 Å². The van der Waals surface area contributed by atoms with Crippen LogP contribution < -0.4 is 0 Å². The quantitative estimate of drug-likeness (QED) is 0.826. The third-order valence-corrected chi connectivity index (χ3v) is 4.10. The molecule has 0 aliphatic heterocycles. The SMILES string of the molecule is CCc1ccccc1C(C)C(C)c1ccccc1O. The topological polar surface area (TPSA) is 20.2 Å². The lowest BCUT2D eigenvalue weighted by atomic mass is 9.81. The number of aryl methyl sites for hydroxylation is 1. The first-order chi connectivity index (χ1) is 9.15. The zero-order valence-electron chi connectivity index (χ0n) is 11.9. The summed E-state index contributed by atoms with van der Waals surface area (Å²) in [7, 11) is 0. The number of para-hydroxylation sites is 1. The molecule has 2 unspecified atom stereocenters. The van der Waals surface area contributed by atoms with Crippen molar-refractivity contribution in [2.75, 3.05) is 0 Å². The highest BCUT2D eigenvalue weighted by molar-refractivity contribution is 5.39. The number of hydrogen-bond donors (Lipinski definition) is 1. The van der Waals surface area contributed by atoms with Crippen LogP contribution >= 0.6 is 0 Å². The predicted molar refractivity (Wildman–Crippen MR) is 80.8 cm³/mol. The molecule has 0 radical (unpaired) electrons. The third-order valence-electron chi connectivity index (χ3n) is 4.10. The van der Waals surface area contributed by atoms with Crippen molar-refractivity contribution < 1.29 is 5.11 Å². The van der Waals surface area contributed by atoms with Crippen molar-refractivity contribution in [1.82, 2.24) is 0 Å². The maximum absolute atomic E-state index is 10.0. The van der Waals surface area contributed by atoms with Crippen molar-refractivity contribution in [2.45, 2.75) is 39.0 Å². The van der Waals surface area contributed by atoms with Gasteiger partial charge in [-0.1, -0.05) is 63.2 Å². The van der Waals surface area contributed by atoms with Crippen LogP contribution in [0.2, 0.25) is 0 Å². The summed E-state index contributed by atoms with van der Waals surface area (Å²) in [5.41, 5.74) is 3.82. The molecule has 0 saturated heterocycles. The van der Waals surface area contributed by atoms with Crippen LogP contribution in [0.5, 0.6) is 5.75 Å². The van der Waals surface area contributed by atoms with Crippen molar-refractivity contribution in [3.05, 3.63) is 65.2 Å².